The molecule has 0 fully saturated rings. The van der Waals surface area contributed by atoms with Crippen molar-refractivity contribution in [2.45, 2.75) is 20.4 Å². The Morgan fingerprint density at radius 1 is 1.00 bits per heavy atom. The average molecular weight is 365 g/mol. The van der Waals surface area contributed by atoms with Crippen molar-refractivity contribution in [3.63, 3.8) is 0 Å². The van der Waals surface area contributed by atoms with Crippen LogP contribution in [-0.4, -0.2) is 5.91 Å². The second-order valence-electron chi connectivity index (χ2n) is 6.78. The van der Waals surface area contributed by atoms with Gasteiger partial charge in [0.1, 0.15) is 0 Å². The van der Waals surface area contributed by atoms with Crippen LogP contribution in [0.3, 0.4) is 0 Å². The van der Waals surface area contributed by atoms with Crippen molar-refractivity contribution in [3.8, 4) is 12.3 Å². The molecule has 138 valence electrons. The molecule has 0 spiro atoms. The molecule has 2 heteroatoms. The Balaban J connectivity index is 2.02. The lowest BCUT2D eigenvalue weighted by Crippen LogP contribution is -2.30. The van der Waals surface area contributed by atoms with Crippen LogP contribution in [-0.2, 0) is 11.3 Å². The second kappa shape index (κ2) is 8.88. The Bertz CT molecular complexity index is 1030. The van der Waals surface area contributed by atoms with Gasteiger partial charge in [-0.05, 0) is 48.2 Å². The number of rotatable bonds is 5. The number of hydrogen-bond donors (Lipinski definition) is 0. The Hall–Kier alpha value is -3.57. The summed E-state index contributed by atoms with van der Waals surface area (Å²) in [6, 6.07) is 23.7. The number of nitrogens with zero attached hydrogens (tertiary/aromatic N) is 1. The van der Waals surface area contributed by atoms with Crippen molar-refractivity contribution < 1.29 is 4.79 Å². The molecular formula is C26H23NO. The average Bonchev–Trinajstić information content (AvgIpc) is 2.71. The topological polar surface area (TPSA) is 20.3 Å². The predicted molar refractivity (Wildman–Crippen MR) is 117 cm³/mol. The molecule has 0 N–H and O–H groups in total. The van der Waals surface area contributed by atoms with E-state index >= 15 is 0 Å². The van der Waals surface area contributed by atoms with Crippen LogP contribution in [0.25, 0.3) is 6.08 Å². The van der Waals surface area contributed by atoms with Gasteiger partial charge in [0.25, 0.3) is 5.91 Å². The van der Waals surface area contributed by atoms with Gasteiger partial charge in [-0.1, -0.05) is 72.7 Å². The van der Waals surface area contributed by atoms with Crippen LogP contribution >= 0.6 is 0 Å². The first kappa shape index (κ1) is 19.2. The Morgan fingerprint density at radius 3 is 2.29 bits per heavy atom. The van der Waals surface area contributed by atoms with E-state index in [0.29, 0.717) is 6.54 Å². The summed E-state index contributed by atoms with van der Waals surface area (Å²) in [5.74, 6) is 2.65. The Kier molecular flexibility index (Phi) is 6.09. The lowest BCUT2D eigenvalue weighted by molar-refractivity contribution is -0.114. The van der Waals surface area contributed by atoms with E-state index in [2.05, 4.69) is 12.0 Å². The molecule has 1 amide bonds. The fourth-order valence-corrected chi connectivity index (χ4v) is 3.28. The summed E-state index contributed by atoms with van der Waals surface area (Å²) in [5.41, 5.74) is 5.63. The van der Waals surface area contributed by atoms with Crippen LogP contribution in [0.2, 0.25) is 0 Å². The van der Waals surface area contributed by atoms with Gasteiger partial charge in [-0.2, -0.15) is 0 Å². The van der Waals surface area contributed by atoms with Crippen LogP contribution in [0.15, 0.2) is 78.9 Å². The standard InChI is InChI=1S/C26H23NO/c1-4-24-18-20(2)17-21(3)26(24)27(19-23-13-9-6-10-14-23)25(28)16-15-22-11-7-5-8-12-22/h1,5-18H,19H2,2-3H3/b16-15+. The number of hydrogen-bond acceptors (Lipinski definition) is 1. The summed E-state index contributed by atoms with van der Waals surface area (Å²) in [7, 11) is 0. The molecular weight excluding hydrogens is 342 g/mol. The number of carbonyl (C=O) groups is 1. The lowest BCUT2D eigenvalue weighted by Gasteiger charge is -2.25. The van der Waals surface area contributed by atoms with Crippen molar-refractivity contribution in [3.05, 3.63) is 107 Å². The van der Waals surface area contributed by atoms with Gasteiger partial charge >= 0.3 is 0 Å². The third kappa shape index (κ3) is 4.58. The van der Waals surface area contributed by atoms with E-state index in [4.69, 9.17) is 6.42 Å². The van der Waals surface area contributed by atoms with E-state index in [9.17, 15) is 4.79 Å². The molecule has 28 heavy (non-hydrogen) atoms. The van der Waals surface area contributed by atoms with Gasteiger partial charge in [0.2, 0.25) is 0 Å². The third-order valence-electron chi connectivity index (χ3n) is 4.54. The van der Waals surface area contributed by atoms with Gasteiger partial charge in [0.05, 0.1) is 12.2 Å². The normalized spacial score (nSPS) is 10.6. The zero-order valence-corrected chi connectivity index (χ0v) is 16.2. The van der Waals surface area contributed by atoms with E-state index in [-0.39, 0.29) is 5.91 Å². The Labute approximate surface area is 167 Å². The fraction of sp³-hybridized carbons (Fsp3) is 0.115. The predicted octanol–water partition coefficient (Wildman–Crippen LogP) is 5.53. The molecule has 0 saturated carbocycles. The number of benzene rings is 3. The fourth-order valence-electron chi connectivity index (χ4n) is 3.28. The molecule has 0 bridgehead atoms. The van der Waals surface area contributed by atoms with Gasteiger partial charge < -0.3 is 4.90 Å². The van der Waals surface area contributed by atoms with Crippen molar-refractivity contribution >= 4 is 17.7 Å². The number of carbonyl (C=O) groups excluding carboxylic acids is 1. The zero-order chi connectivity index (χ0) is 19.9. The first-order chi connectivity index (χ1) is 13.6. The molecule has 0 atom stereocenters. The molecule has 0 unspecified atom stereocenters. The van der Waals surface area contributed by atoms with Crippen LogP contribution in [0.1, 0.15) is 27.8 Å². The molecule has 3 rings (SSSR count). The maximum atomic E-state index is 13.2. The summed E-state index contributed by atoms with van der Waals surface area (Å²) >= 11 is 0. The lowest BCUT2D eigenvalue weighted by atomic mass is 10.0. The highest BCUT2D eigenvalue weighted by molar-refractivity contribution is 6.05. The van der Waals surface area contributed by atoms with Gasteiger partial charge in [-0.3, -0.25) is 4.79 Å². The quantitative estimate of drug-likeness (QED) is 0.430. The molecule has 0 aromatic heterocycles. The number of aryl methyl sites for hydroxylation is 2. The smallest absolute Gasteiger partial charge is 0.251 e. The zero-order valence-electron chi connectivity index (χ0n) is 16.2. The molecule has 2 nitrogen and oxygen atoms in total. The third-order valence-corrected chi connectivity index (χ3v) is 4.54. The van der Waals surface area contributed by atoms with Crippen molar-refractivity contribution in [2.24, 2.45) is 0 Å². The van der Waals surface area contributed by atoms with Crippen LogP contribution in [0, 0.1) is 26.2 Å². The maximum absolute atomic E-state index is 13.2. The summed E-state index contributed by atoms with van der Waals surface area (Å²) in [4.78, 5) is 15.0. The van der Waals surface area contributed by atoms with Crippen LogP contribution in [0.5, 0.6) is 0 Å². The summed E-state index contributed by atoms with van der Waals surface area (Å²) in [6.45, 7) is 4.46. The number of anilines is 1. The first-order valence-corrected chi connectivity index (χ1v) is 9.25. The van der Waals surface area contributed by atoms with E-state index in [1.54, 1.807) is 11.0 Å². The highest BCUT2D eigenvalue weighted by Crippen LogP contribution is 2.28. The van der Waals surface area contributed by atoms with Crippen LogP contribution < -0.4 is 4.90 Å². The molecule has 3 aromatic carbocycles. The highest BCUT2D eigenvalue weighted by atomic mass is 16.2. The number of amides is 1. The van der Waals surface area contributed by atoms with Gasteiger partial charge in [-0.25, -0.2) is 0 Å². The largest absolute Gasteiger partial charge is 0.303 e. The van der Waals surface area contributed by atoms with Crippen molar-refractivity contribution in [1.29, 1.82) is 0 Å². The molecule has 0 saturated heterocycles. The van der Waals surface area contributed by atoms with Gasteiger partial charge in [-0.15, -0.1) is 6.42 Å². The summed E-state index contributed by atoms with van der Waals surface area (Å²) in [6.07, 6.45) is 9.22. The van der Waals surface area contributed by atoms with E-state index in [1.165, 1.54) is 0 Å². The Morgan fingerprint density at radius 2 is 1.64 bits per heavy atom. The van der Waals surface area contributed by atoms with Gasteiger partial charge in [0.15, 0.2) is 0 Å². The van der Waals surface area contributed by atoms with Crippen molar-refractivity contribution in [1.82, 2.24) is 0 Å². The molecule has 0 aliphatic carbocycles. The minimum atomic E-state index is -0.101. The van der Waals surface area contributed by atoms with E-state index in [1.807, 2.05) is 86.7 Å². The molecule has 0 heterocycles. The molecule has 0 radical (unpaired) electrons. The van der Waals surface area contributed by atoms with Gasteiger partial charge in [0, 0.05) is 11.6 Å². The van der Waals surface area contributed by atoms with E-state index < -0.39 is 0 Å². The minimum absolute atomic E-state index is 0.101. The molecule has 0 aliphatic rings. The molecule has 0 aliphatic heterocycles. The summed E-state index contributed by atoms with van der Waals surface area (Å²) in [5, 5.41) is 0. The number of terminal acetylenes is 1. The minimum Gasteiger partial charge on any atom is -0.303 e. The van der Waals surface area contributed by atoms with Crippen LogP contribution in [0.4, 0.5) is 5.69 Å². The second-order valence-corrected chi connectivity index (χ2v) is 6.78. The monoisotopic (exact) mass is 365 g/mol. The molecule has 3 aromatic rings. The van der Waals surface area contributed by atoms with Crippen molar-refractivity contribution in [2.75, 3.05) is 4.90 Å². The highest BCUT2D eigenvalue weighted by Gasteiger charge is 2.19. The SMILES string of the molecule is C#Cc1cc(C)cc(C)c1N(Cc1ccccc1)C(=O)/C=C/c1ccccc1. The maximum Gasteiger partial charge on any atom is 0.251 e. The van der Waals surface area contributed by atoms with E-state index in [0.717, 1.165) is 33.5 Å². The first-order valence-electron chi connectivity index (χ1n) is 9.25. The summed E-state index contributed by atoms with van der Waals surface area (Å²) < 4.78 is 0.